The molecule has 0 heterocycles. The lowest BCUT2D eigenvalue weighted by Crippen LogP contribution is -2.11. The van der Waals surface area contributed by atoms with Gasteiger partial charge in [-0.3, -0.25) is 0 Å². The fraction of sp³-hybridized carbons (Fsp3) is 0.163. The molecule has 2 heteroatoms. The number of rotatable bonds is 7. The number of hydrogen-bond donors (Lipinski definition) is 0. The number of nitrogens with zero attached hydrogens (tertiary/aromatic N) is 2. The maximum Gasteiger partial charge on any atom is 0.0464 e. The summed E-state index contributed by atoms with van der Waals surface area (Å²) in [5, 5.41) is 0. The van der Waals surface area contributed by atoms with E-state index in [0.29, 0.717) is 0 Å². The van der Waals surface area contributed by atoms with Gasteiger partial charge in [-0.2, -0.15) is 0 Å². The minimum absolute atomic E-state index is 1.14. The van der Waals surface area contributed by atoms with Crippen molar-refractivity contribution >= 4 is 34.1 Å². The van der Waals surface area contributed by atoms with Crippen LogP contribution in [0, 0.1) is 48.5 Å². The summed E-state index contributed by atoms with van der Waals surface area (Å²) in [6.45, 7) is 15.2. The fourth-order valence-electron chi connectivity index (χ4n) is 5.79. The standard InChI is InChI=1S/C43H42N2/c1-29-8-17-38(18-9-29)44(41-19-10-30(2)33(5)26-41)39-22-13-36(14-23-39)37-15-24-40(25-16-37)45(42-20-11-31(3)34(6)27-42)43-21-12-32(4)35(7)28-43/h8-28H,1-7H3. The summed E-state index contributed by atoms with van der Waals surface area (Å²) in [7, 11) is 0. The van der Waals surface area contributed by atoms with Gasteiger partial charge in [0.1, 0.15) is 0 Å². The van der Waals surface area contributed by atoms with Crippen molar-refractivity contribution in [2.24, 2.45) is 0 Å². The lowest BCUT2D eigenvalue weighted by Gasteiger charge is -2.27. The Morgan fingerprint density at radius 1 is 0.267 bits per heavy atom. The van der Waals surface area contributed by atoms with Gasteiger partial charge >= 0.3 is 0 Å². The van der Waals surface area contributed by atoms with E-state index < -0.39 is 0 Å². The first kappa shape index (κ1) is 30.0. The second-order valence-electron chi connectivity index (χ2n) is 12.4. The molecule has 0 fully saturated rings. The molecule has 0 spiro atoms. The highest BCUT2D eigenvalue weighted by molar-refractivity contribution is 5.81. The average molecular weight is 587 g/mol. The molecule has 0 aliphatic carbocycles. The molecule has 0 unspecified atom stereocenters. The van der Waals surface area contributed by atoms with Crippen LogP contribution in [0.1, 0.15) is 38.9 Å². The molecule has 0 N–H and O–H groups in total. The predicted molar refractivity (Wildman–Crippen MR) is 194 cm³/mol. The van der Waals surface area contributed by atoms with Gasteiger partial charge in [-0.1, -0.05) is 60.2 Å². The van der Waals surface area contributed by atoms with Crippen LogP contribution < -0.4 is 9.80 Å². The molecular weight excluding hydrogens is 544 g/mol. The Hall–Kier alpha value is -5.08. The van der Waals surface area contributed by atoms with Gasteiger partial charge in [-0.05, 0) is 166 Å². The first-order valence-corrected chi connectivity index (χ1v) is 15.8. The molecule has 0 atom stereocenters. The van der Waals surface area contributed by atoms with Gasteiger partial charge < -0.3 is 9.80 Å². The van der Waals surface area contributed by atoms with Crippen LogP contribution in [0.4, 0.5) is 34.1 Å². The molecule has 0 amide bonds. The molecule has 0 bridgehead atoms. The van der Waals surface area contributed by atoms with Gasteiger partial charge in [0.2, 0.25) is 0 Å². The highest BCUT2D eigenvalue weighted by atomic mass is 15.1. The molecule has 6 rings (SSSR count). The van der Waals surface area contributed by atoms with Crippen molar-refractivity contribution in [3.05, 3.63) is 166 Å². The van der Waals surface area contributed by atoms with E-state index in [0.717, 1.165) is 22.7 Å². The SMILES string of the molecule is Cc1ccc(N(c2ccc(-c3ccc(N(c4ccc(C)c(C)c4)c4ccc(C)c(C)c4)cc3)cc2)c2ccc(C)c(C)c2)cc1. The monoisotopic (exact) mass is 586 g/mol. The van der Waals surface area contributed by atoms with Crippen LogP contribution in [0.5, 0.6) is 0 Å². The third-order valence-electron chi connectivity index (χ3n) is 9.12. The Bertz CT molecular complexity index is 1900. The molecule has 6 aromatic carbocycles. The van der Waals surface area contributed by atoms with Gasteiger partial charge in [0.05, 0.1) is 0 Å². The van der Waals surface area contributed by atoms with Crippen LogP contribution >= 0.6 is 0 Å². The van der Waals surface area contributed by atoms with E-state index in [1.54, 1.807) is 0 Å². The number of aryl methyl sites for hydroxylation is 7. The lowest BCUT2D eigenvalue weighted by molar-refractivity contribution is 1.23. The van der Waals surface area contributed by atoms with Crippen LogP contribution in [0.15, 0.2) is 127 Å². The van der Waals surface area contributed by atoms with Gasteiger partial charge in [-0.25, -0.2) is 0 Å². The maximum absolute atomic E-state index is 2.36. The molecule has 224 valence electrons. The molecular formula is C43H42N2. The smallest absolute Gasteiger partial charge is 0.0464 e. The summed E-state index contributed by atoms with van der Waals surface area (Å²) >= 11 is 0. The zero-order valence-electron chi connectivity index (χ0n) is 27.5. The Morgan fingerprint density at radius 3 is 0.844 bits per heavy atom. The largest absolute Gasteiger partial charge is 0.310 e. The van der Waals surface area contributed by atoms with Crippen molar-refractivity contribution in [3.8, 4) is 11.1 Å². The van der Waals surface area contributed by atoms with E-state index >= 15 is 0 Å². The van der Waals surface area contributed by atoms with Crippen molar-refractivity contribution in [1.82, 2.24) is 0 Å². The topological polar surface area (TPSA) is 6.48 Å². The highest BCUT2D eigenvalue weighted by Crippen LogP contribution is 2.39. The summed E-state index contributed by atoms with van der Waals surface area (Å²) < 4.78 is 0. The maximum atomic E-state index is 2.36. The molecule has 6 aromatic rings. The van der Waals surface area contributed by atoms with Crippen molar-refractivity contribution < 1.29 is 0 Å². The lowest BCUT2D eigenvalue weighted by atomic mass is 10.0. The Morgan fingerprint density at radius 2 is 0.533 bits per heavy atom. The zero-order chi connectivity index (χ0) is 31.7. The van der Waals surface area contributed by atoms with Crippen molar-refractivity contribution in [1.29, 1.82) is 0 Å². The van der Waals surface area contributed by atoms with Gasteiger partial charge in [-0.15, -0.1) is 0 Å². The average Bonchev–Trinajstić information content (AvgIpc) is 3.04. The third kappa shape index (κ3) is 6.28. The molecule has 0 saturated heterocycles. The van der Waals surface area contributed by atoms with E-state index in [2.05, 4.69) is 186 Å². The van der Waals surface area contributed by atoms with E-state index in [1.807, 2.05) is 0 Å². The summed E-state index contributed by atoms with van der Waals surface area (Å²) in [6, 6.07) is 46.8. The molecule has 2 nitrogen and oxygen atoms in total. The summed E-state index contributed by atoms with van der Waals surface area (Å²) in [5.41, 5.74) is 18.3. The van der Waals surface area contributed by atoms with Gasteiger partial charge in [0, 0.05) is 34.1 Å². The van der Waals surface area contributed by atoms with Crippen LogP contribution in [-0.4, -0.2) is 0 Å². The van der Waals surface area contributed by atoms with Crippen molar-refractivity contribution in [2.75, 3.05) is 9.80 Å². The molecule has 0 aliphatic heterocycles. The van der Waals surface area contributed by atoms with E-state index in [-0.39, 0.29) is 0 Å². The Labute approximate surface area is 269 Å². The Kier molecular flexibility index (Phi) is 8.32. The first-order valence-electron chi connectivity index (χ1n) is 15.8. The van der Waals surface area contributed by atoms with Crippen molar-refractivity contribution in [2.45, 2.75) is 48.5 Å². The molecule has 0 saturated carbocycles. The van der Waals surface area contributed by atoms with E-state index in [4.69, 9.17) is 0 Å². The first-order chi connectivity index (χ1) is 21.7. The third-order valence-corrected chi connectivity index (χ3v) is 9.12. The Balaban J connectivity index is 1.34. The minimum atomic E-state index is 1.14. The summed E-state index contributed by atoms with van der Waals surface area (Å²) in [5.74, 6) is 0. The number of anilines is 6. The quantitative estimate of drug-likeness (QED) is 0.184. The summed E-state index contributed by atoms with van der Waals surface area (Å²) in [6.07, 6.45) is 0. The van der Waals surface area contributed by atoms with Crippen LogP contribution in [-0.2, 0) is 0 Å². The van der Waals surface area contributed by atoms with Crippen molar-refractivity contribution in [3.63, 3.8) is 0 Å². The van der Waals surface area contributed by atoms with Crippen LogP contribution in [0.2, 0.25) is 0 Å². The molecule has 0 aliphatic rings. The number of hydrogen-bond acceptors (Lipinski definition) is 2. The van der Waals surface area contributed by atoms with Gasteiger partial charge in [0.15, 0.2) is 0 Å². The van der Waals surface area contributed by atoms with E-state index in [9.17, 15) is 0 Å². The van der Waals surface area contributed by atoms with Crippen LogP contribution in [0.25, 0.3) is 11.1 Å². The summed E-state index contributed by atoms with van der Waals surface area (Å²) in [4.78, 5) is 4.69. The molecule has 0 aromatic heterocycles. The van der Waals surface area contributed by atoms with E-state index in [1.165, 1.54) is 61.4 Å². The van der Waals surface area contributed by atoms with Gasteiger partial charge in [0.25, 0.3) is 0 Å². The second kappa shape index (κ2) is 12.5. The minimum Gasteiger partial charge on any atom is -0.310 e. The normalized spacial score (nSPS) is 11.0. The van der Waals surface area contributed by atoms with Crippen LogP contribution in [0.3, 0.4) is 0 Å². The predicted octanol–water partition coefficient (Wildman–Crippen LogP) is 12.5. The molecule has 0 radical (unpaired) electrons. The highest BCUT2D eigenvalue weighted by Gasteiger charge is 2.16. The molecule has 45 heavy (non-hydrogen) atoms. The fourth-order valence-corrected chi connectivity index (χ4v) is 5.79. The zero-order valence-corrected chi connectivity index (χ0v) is 27.5. The second-order valence-corrected chi connectivity index (χ2v) is 12.4. The number of benzene rings is 6.